The molecule has 2 aromatic carbocycles. The fourth-order valence-corrected chi connectivity index (χ4v) is 2.66. The van der Waals surface area contributed by atoms with Crippen LogP contribution in [0.3, 0.4) is 0 Å². The lowest BCUT2D eigenvalue weighted by Crippen LogP contribution is -2.14. The number of benzene rings is 2. The molecule has 0 fully saturated rings. The first-order chi connectivity index (χ1) is 11.1. The average Bonchev–Trinajstić information content (AvgIpc) is 2.55. The second-order valence-corrected chi connectivity index (χ2v) is 6.09. The molecule has 1 aromatic heterocycles. The molecule has 4 nitrogen and oxygen atoms in total. The Morgan fingerprint density at radius 2 is 1.96 bits per heavy atom. The first-order valence-electron chi connectivity index (χ1n) is 7.16. The van der Waals surface area contributed by atoms with Crippen molar-refractivity contribution in [3.8, 4) is 0 Å². The van der Waals surface area contributed by atoms with Crippen LogP contribution in [0.25, 0.3) is 10.9 Å². The minimum atomic E-state index is -0.516. The SMILES string of the molecule is Cc1cc(NC(=O)OCc2ccccc2)nc2ccc(Br)cc12. The van der Waals surface area contributed by atoms with Crippen molar-refractivity contribution in [1.29, 1.82) is 0 Å². The smallest absolute Gasteiger partial charge is 0.413 e. The summed E-state index contributed by atoms with van der Waals surface area (Å²) in [4.78, 5) is 16.3. The van der Waals surface area contributed by atoms with E-state index in [1.165, 1.54) is 0 Å². The van der Waals surface area contributed by atoms with Gasteiger partial charge in [0, 0.05) is 9.86 Å². The highest BCUT2D eigenvalue weighted by Crippen LogP contribution is 2.23. The number of carbonyl (C=O) groups excluding carboxylic acids is 1. The summed E-state index contributed by atoms with van der Waals surface area (Å²) < 4.78 is 6.20. The maximum Gasteiger partial charge on any atom is 0.413 e. The lowest BCUT2D eigenvalue weighted by atomic mass is 10.1. The summed E-state index contributed by atoms with van der Waals surface area (Å²) in [7, 11) is 0. The molecule has 1 amide bonds. The van der Waals surface area contributed by atoms with Crippen molar-refractivity contribution in [1.82, 2.24) is 4.98 Å². The van der Waals surface area contributed by atoms with Crippen LogP contribution in [0.2, 0.25) is 0 Å². The zero-order chi connectivity index (χ0) is 16.2. The molecule has 116 valence electrons. The van der Waals surface area contributed by atoms with Crippen LogP contribution < -0.4 is 5.32 Å². The van der Waals surface area contributed by atoms with Crippen molar-refractivity contribution in [2.45, 2.75) is 13.5 Å². The molecule has 3 aromatic rings. The predicted octanol–water partition coefficient (Wildman–Crippen LogP) is 5.05. The molecule has 0 bridgehead atoms. The number of fused-ring (bicyclic) bond motifs is 1. The molecule has 5 heteroatoms. The highest BCUT2D eigenvalue weighted by molar-refractivity contribution is 9.10. The van der Waals surface area contributed by atoms with Crippen LogP contribution in [0.1, 0.15) is 11.1 Å². The Bertz CT molecular complexity index is 850. The molecule has 0 atom stereocenters. The van der Waals surface area contributed by atoms with Crippen LogP contribution in [0.5, 0.6) is 0 Å². The number of hydrogen-bond acceptors (Lipinski definition) is 3. The van der Waals surface area contributed by atoms with Gasteiger partial charge in [0.1, 0.15) is 12.4 Å². The third-order valence-electron chi connectivity index (χ3n) is 3.42. The third-order valence-corrected chi connectivity index (χ3v) is 3.91. The minimum absolute atomic E-state index is 0.228. The number of rotatable bonds is 3. The number of ether oxygens (including phenoxy) is 1. The molecule has 0 aliphatic heterocycles. The summed E-state index contributed by atoms with van der Waals surface area (Å²) in [6.45, 7) is 2.21. The molecule has 23 heavy (non-hydrogen) atoms. The Hall–Kier alpha value is -2.40. The number of pyridine rings is 1. The number of halogens is 1. The van der Waals surface area contributed by atoms with E-state index < -0.39 is 6.09 Å². The molecule has 1 N–H and O–H groups in total. The van der Waals surface area contributed by atoms with E-state index in [-0.39, 0.29) is 6.61 Å². The molecule has 0 radical (unpaired) electrons. The van der Waals surface area contributed by atoms with Gasteiger partial charge in [0.2, 0.25) is 0 Å². The lowest BCUT2D eigenvalue weighted by molar-refractivity contribution is 0.155. The van der Waals surface area contributed by atoms with Crippen LogP contribution in [-0.4, -0.2) is 11.1 Å². The summed E-state index contributed by atoms with van der Waals surface area (Å²) in [5, 5.41) is 3.72. The minimum Gasteiger partial charge on any atom is -0.444 e. The normalized spacial score (nSPS) is 10.5. The molecule has 0 aliphatic carbocycles. The number of aryl methyl sites for hydroxylation is 1. The number of carbonyl (C=O) groups is 1. The third kappa shape index (κ3) is 3.87. The van der Waals surface area contributed by atoms with Crippen LogP contribution in [0.4, 0.5) is 10.6 Å². The number of nitrogens with one attached hydrogen (secondary N) is 1. The van der Waals surface area contributed by atoms with E-state index in [1.54, 1.807) is 0 Å². The molecule has 0 saturated carbocycles. The van der Waals surface area contributed by atoms with E-state index in [4.69, 9.17) is 4.74 Å². The summed E-state index contributed by atoms with van der Waals surface area (Å²) >= 11 is 3.45. The van der Waals surface area contributed by atoms with Crippen LogP contribution in [0.15, 0.2) is 59.1 Å². The van der Waals surface area contributed by atoms with Gasteiger partial charge < -0.3 is 4.74 Å². The second kappa shape index (κ2) is 6.79. The Kier molecular flexibility index (Phi) is 4.57. The summed E-state index contributed by atoms with van der Waals surface area (Å²) in [5.41, 5.74) is 2.80. The highest BCUT2D eigenvalue weighted by atomic mass is 79.9. The fraction of sp³-hybridized carbons (Fsp3) is 0.111. The van der Waals surface area contributed by atoms with Crippen LogP contribution in [0, 0.1) is 6.92 Å². The van der Waals surface area contributed by atoms with Gasteiger partial charge in [-0.3, -0.25) is 5.32 Å². The maximum absolute atomic E-state index is 11.9. The van der Waals surface area contributed by atoms with Crippen molar-refractivity contribution in [2.24, 2.45) is 0 Å². The van der Waals surface area contributed by atoms with Gasteiger partial charge in [0.15, 0.2) is 0 Å². The topological polar surface area (TPSA) is 51.2 Å². The Labute approximate surface area is 142 Å². The van der Waals surface area contributed by atoms with Crippen LogP contribution in [-0.2, 0) is 11.3 Å². The van der Waals surface area contributed by atoms with Gasteiger partial charge >= 0.3 is 6.09 Å². The van der Waals surface area contributed by atoms with Gasteiger partial charge in [-0.05, 0) is 42.3 Å². The number of aromatic nitrogens is 1. The van der Waals surface area contributed by atoms with Crippen molar-refractivity contribution >= 4 is 38.7 Å². The van der Waals surface area contributed by atoms with Crippen molar-refractivity contribution in [3.05, 3.63) is 70.2 Å². The average molecular weight is 371 g/mol. The van der Waals surface area contributed by atoms with Crippen molar-refractivity contribution in [2.75, 3.05) is 5.32 Å². The predicted molar refractivity (Wildman–Crippen MR) is 94.4 cm³/mol. The van der Waals surface area contributed by atoms with Gasteiger partial charge in [-0.1, -0.05) is 46.3 Å². The van der Waals surface area contributed by atoms with Gasteiger partial charge in [-0.2, -0.15) is 0 Å². The molecule has 3 rings (SSSR count). The fourth-order valence-electron chi connectivity index (χ4n) is 2.29. The number of nitrogens with zero attached hydrogens (tertiary/aromatic N) is 1. The number of amides is 1. The molecular formula is C18H15BrN2O2. The summed E-state index contributed by atoms with van der Waals surface area (Å²) in [5.74, 6) is 0.482. The highest BCUT2D eigenvalue weighted by Gasteiger charge is 2.08. The molecular weight excluding hydrogens is 356 g/mol. The Morgan fingerprint density at radius 3 is 2.74 bits per heavy atom. The Balaban J connectivity index is 1.71. The first kappa shape index (κ1) is 15.5. The van der Waals surface area contributed by atoms with E-state index in [0.717, 1.165) is 26.5 Å². The quantitative estimate of drug-likeness (QED) is 0.701. The van der Waals surface area contributed by atoms with Gasteiger partial charge in [-0.15, -0.1) is 0 Å². The second-order valence-electron chi connectivity index (χ2n) is 5.17. The van der Waals surface area contributed by atoms with E-state index >= 15 is 0 Å². The molecule has 0 saturated heterocycles. The summed E-state index contributed by atoms with van der Waals surface area (Å²) in [6, 6.07) is 17.2. The van der Waals surface area contributed by atoms with Gasteiger partial charge in [0.25, 0.3) is 0 Å². The van der Waals surface area contributed by atoms with E-state index in [1.807, 2.05) is 61.5 Å². The molecule has 0 spiro atoms. The van der Waals surface area contributed by atoms with Crippen molar-refractivity contribution in [3.63, 3.8) is 0 Å². The van der Waals surface area contributed by atoms with E-state index in [2.05, 4.69) is 26.2 Å². The van der Waals surface area contributed by atoms with Gasteiger partial charge in [0.05, 0.1) is 5.52 Å². The maximum atomic E-state index is 11.9. The van der Waals surface area contributed by atoms with Crippen LogP contribution >= 0.6 is 15.9 Å². The van der Waals surface area contributed by atoms with E-state index in [0.29, 0.717) is 5.82 Å². The number of hydrogen-bond donors (Lipinski definition) is 1. The molecule has 1 heterocycles. The zero-order valence-electron chi connectivity index (χ0n) is 12.5. The van der Waals surface area contributed by atoms with E-state index in [9.17, 15) is 4.79 Å². The monoisotopic (exact) mass is 370 g/mol. The largest absolute Gasteiger partial charge is 0.444 e. The van der Waals surface area contributed by atoms with Gasteiger partial charge in [-0.25, -0.2) is 9.78 Å². The molecule has 0 unspecified atom stereocenters. The number of anilines is 1. The summed E-state index contributed by atoms with van der Waals surface area (Å²) in [6.07, 6.45) is -0.516. The standard InChI is InChI=1S/C18H15BrN2O2/c1-12-9-17(20-16-8-7-14(19)10-15(12)16)21-18(22)23-11-13-5-3-2-4-6-13/h2-10H,11H2,1H3,(H,20,21,22). The first-order valence-corrected chi connectivity index (χ1v) is 7.96. The molecule has 0 aliphatic rings. The van der Waals surface area contributed by atoms with Crippen molar-refractivity contribution < 1.29 is 9.53 Å². The zero-order valence-corrected chi connectivity index (χ0v) is 14.1. The Morgan fingerprint density at radius 1 is 1.17 bits per heavy atom. The lowest BCUT2D eigenvalue weighted by Gasteiger charge is -2.09.